The van der Waals surface area contributed by atoms with Crippen molar-refractivity contribution in [3.8, 4) is 0 Å². The van der Waals surface area contributed by atoms with E-state index in [0.29, 0.717) is 0 Å². The Morgan fingerprint density at radius 2 is 1.40 bits per heavy atom. The number of ether oxygens (including phenoxy) is 1. The smallest absolute Gasteiger partial charge is 0.0512 e. The van der Waals surface area contributed by atoms with Crippen LogP contribution in [0.1, 0.15) is 12.8 Å². The van der Waals surface area contributed by atoms with Gasteiger partial charge in [-0.3, -0.25) is 0 Å². The van der Waals surface area contributed by atoms with Crippen LogP contribution in [-0.4, -0.2) is 13.2 Å². The van der Waals surface area contributed by atoms with Crippen LogP contribution in [0.15, 0.2) is 59.1 Å². The summed E-state index contributed by atoms with van der Waals surface area (Å²) in [7, 11) is 0. The van der Waals surface area contributed by atoms with E-state index in [1.807, 2.05) is 24.3 Å². The molecule has 2 aliphatic carbocycles. The Balaban J connectivity index is 1.56. The SMILES string of the molecule is C1=CC=CC=1CCOCCC1=C=CC=C1. The molecule has 0 aliphatic heterocycles. The molecule has 0 heterocycles. The van der Waals surface area contributed by atoms with Crippen LogP contribution in [-0.2, 0) is 4.74 Å². The van der Waals surface area contributed by atoms with E-state index in [4.69, 9.17) is 4.74 Å². The van der Waals surface area contributed by atoms with Gasteiger partial charge in [0.1, 0.15) is 0 Å². The summed E-state index contributed by atoms with van der Waals surface area (Å²) in [5, 5.41) is 0. The highest BCUT2D eigenvalue weighted by Crippen LogP contribution is 2.09. The van der Waals surface area contributed by atoms with Crippen LogP contribution in [0.25, 0.3) is 0 Å². The number of rotatable bonds is 6. The Morgan fingerprint density at radius 3 is 1.80 bits per heavy atom. The van der Waals surface area contributed by atoms with Crippen molar-refractivity contribution >= 4 is 0 Å². The average Bonchev–Trinajstić information content (AvgIpc) is 2.88. The van der Waals surface area contributed by atoms with E-state index in [2.05, 4.69) is 23.6 Å². The lowest BCUT2D eigenvalue weighted by atomic mass is 10.2. The van der Waals surface area contributed by atoms with Gasteiger partial charge in [-0.25, -0.2) is 0 Å². The van der Waals surface area contributed by atoms with Gasteiger partial charge in [0.25, 0.3) is 0 Å². The molecule has 0 saturated carbocycles. The van der Waals surface area contributed by atoms with Crippen LogP contribution in [0.3, 0.4) is 0 Å². The molecule has 0 saturated heterocycles. The zero-order valence-electron chi connectivity index (χ0n) is 8.70. The quantitative estimate of drug-likeness (QED) is 0.470. The van der Waals surface area contributed by atoms with Crippen molar-refractivity contribution in [2.45, 2.75) is 12.8 Å². The van der Waals surface area contributed by atoms with Crippen molar-refractivity contribution in [2.24, 2.45) is 0 Å². The molecule has 0 aromatic carbocycles. The lowest BCUT2D eigenvalue weighted by Crippen LogP contribution is -1.97. The van der Waals surface area contributed by atoms with E-state index in [0.717, 1.165) is 26.1 Å². The van der Waals surface area contributed by atoms with Gasteiger partial charge in [0.15, 0.2) is 0 Å². The van der Waals surface area contributed by atoms with Gasteiger partial charge in [-0.15, -0.1) is 11.5 Å². The summed E-state index contributed by atoms with van der Waals surface area (Å²) in [5.41, 5.74) is 8.77. The fraction of sp³-hybridized carbons (Fsp3) is 0.286. The van der Waals surface area contributed by atoms with Crippen molar-refractivity contribution in [1.82, 2.24) is 0 Å². The monoisotopic (exact) mass is 198 g/mol. The minimum Gasteiger partial charge on any atom is -0.381 e. The molecule has 0 N–H and O–H groups in total. The summed E-state index contributed by atoms with van der Waals surface area (Å²) < 4.78 is 5.54. The van der Waals surface area contributed by atoms with Crippen molar-refractivity contribution < 1.29 is 4.74 Å². The van der Waals surface area contributed by atoms with Crippen LogP contribution in [0.5, 0.6) is 0 Å². The van der Waals surface area contributed by atoms with E-state index < -0.39 is 0 Å². The first-order valence-electron chi connectivity index (χ1n) is 5.27. The molecule has 0 unspecified atom stereocenters. The fourth-order valence-electron chi connectivity index (χ4n) is 1.51. The number of hydrogen-bond donors (Lipinski definition) is 0. The molecule has 0 aromatic rings. The maximum absolute atomic E-state index is 5.54. The molecule has 0 spiro atoms. The summed E-state index contributed by atoms with van der Waals surface area (Å²) >= 11 is 0. The highest BCUT2D eigenvalue weighted by molar-refractivity contribution is 5.29. The first kappa shape index (κ1) is 10.0. The molecule has 0 bridgehead atoms. The highest BCUT2D eigenvalue weighted by Gasteiger charge is 1.97. The third kappa shape index (κ3) is 3.27. The van der Waals surface area contributed by atoms with Gasteiger partial charge in [-0.05, 0) is 23.3 Å². The third-order valence-corrected chi connectivity index (χ3v) is 2.36. The second-order valence-electron chi connectivity index (χ2n) is 3.50. The summed E-state index contributed by atoms with van der Waals surface area (Å²) in [6.07, 6.45) is 14.0. The van der Waals surface area contributed by atoms with E-state index in [1.54, 1.807) is 0 Å². The van der Waals surface area contributed by atoms with E-state index in [9.17, 15) is 0 Å². The number of hydrogen-bond acceptors (Lipinski definition) is 1. The van der Waals surface area contributed by atoms with E-state index >= 15 is 0 Å². The standard InChI is InChI=1S/C14H14O/c1-2-6-13(5-1)9-11-15-12-10-14-7-3-4-8-14/h1-5,7H,9-12H2. The Kier molecular flexibility index (Phi) is 3.59. The predicted octanol–water partition coefficient (Wildman–Crippen LogP) is 3.09. The molecule has 76 valence electrons. The third-order valence-electron chi connectivity index (χ3n) is 2.36. The van der Waals surface area contributed by atoms with Crippen LogP contribution >= 0.6 is 0 Å². The van der Waals surface area contributed by atoms with Crippen molar-refractivity contribution in [3.63, 3.8) is 0 Å². The molecule has 15 heavy (non-hydrogen) atoms. The summed E-state index contributed by atoms with van der Waals surface area (Å²) in [5.74, 6) is 0. The molecule has 0 fully saturated rings. The Bertz CT molecular complexity index is 369. The molecule has 0 radical (unpaired) electrons. The Morgan fingerprint density at radius 1 is 0.867 bits per heavy atom. The number of allylic oxidation sites excluding steroid dienone is 4. The van der Waals surface area contributed by atoms with Crippen molar-refractivity contribution in [1.29, 1.82) is 0 Å². The predicted molar refractivity (Wildman–Crippen MR) is 61.5 cm³/mol. The highest BCUT2D eigenvalue weighted by atomic mass is 16.5. The zero-order valence-corrected chi connectivity index (χ0v) is 8.70. The summed E-state index contributed by atoms with van der Waals surface area (Å²) in [6.45, 7) is 1.56. The van der Waals surface area contributed by atoms with Crippen LogP contribution < -0.4 is 0 Å². The van der Waals surface area contributed by atoms with Crippen molar-refractivity contribution in [3.05, 3.63) is 59.1 Å². The fourth-order valence-corrected chi connectivity index (χ4v) is 1.51. The molecule has 0 aromatic heterocycles. The molecular formula is C14H14O. The maximum Gasteiger partial charge on any atom is 0.0512 e. The van der Waals surface area contributed by atoms with Gasteiger partial charge in [-0.2, -0.15) is 0 Å². The first-order chi connectivity index (χ1) is 7.45. The lowest BCUT2D eigenvalue weighted by molar-refractivity contribution is 0.141. The molecule has 0 amide bonds. The molecular weight excluding hydrogens is 184 g/mol. The summed E-state index contributed by atoms with van der Waals surface area (Å²) in [4.78, 5) is 0. The van der Waals surface area contributed by atoms with Gasteiger partial charge in [0.05, 0.1) is 13.2 Å². The van der Waals surface area contributed by atoms with Gasteiger partial charge < -0.3 is 4.74 Å². The van der Waals surface area contributed by atoms with Gasteiger partial charge in [-0.1, -0.05) is 24.3 Å². The zero-order chi connectivity index (χ0) is 10.3. The normalized spacial score (nSPS) is 16.3. The molecule has 2 aliphatic rings. The maximum atomic E-state index is 5.54. The Hall–Kier alpha value is -1.52. The van der Waals surface area contributed by atoms with E-state index in [-0.39, 0.29) is 0 Å². The largest absolute Gasteiger partial charge is 0.381 e. The summed E-state index contributed by atoms with van der Waals surface area (Å²) in [6, 6.07) is 0. The van der Waals surface area contributed by atoms with E-state index in [1.165, 1.54) is 11.1 Å². The van der Waals surface area contributed by atoms with Crippen LogP contribution in [0.4, 0.5) is 0 Å². The minimum absolute atomic E-state index is 0.779. The first-order valence-corrected chi connectivity index (χ1v) is 5.27. The molecule has 2 rings (SSSR count). The van der Waals surface area contributed by atoms with Crippen molar-refractivity contribution in [2.75, 3.05) is 13.2 Å². The lowest BCUT2D eigenvalue weighted by Gasteiger charge is -2.02. The molecule has 0 atom stereocenters. The topological polar surface area (TPSA) is 9.23 Å². The van der Waals surface area contributed by atoms with Gasteiger partial charge in [0.2, 0.25) is 0 Å². The second-order valence-corrected chi connectivity index (χ2v) is 3.50. The second kappa shape index (κ2) is 5.38. The Labute approximate surface area is 90.4 Å². The molecule has 1 nitrogen and oxygen atoms in total. The molecule has 1 heteroatoms. The van der Waals surface area contributed by atoms with Crippen LogP contribution in [0, 0.1) is 0 Å². The van der Waals surface area contributed by atoms with Gasteiger partial charge >= 0.3 is 0 Å². The minimum atomic E-state index is 0.779. The average molecular weight is 198 g/mol. The van der Waals surface area contributed by atoms with Crippen LogP contribution in [0.2, 0.25) is 0 Å². The van der Waals surface area contributed by atoms with Gasteiger partial charge in [0, 0.05) is 12.8 Å².